The minimum atomic E-state index is 0.0699. The Morgan fingerprint density at radius 3 is 2.36 bits per heavy atom. The molecule has 5 heteroatoms. The van der Waals surface area contributed by atoms with Crippen molar-refractivity contribution in [3.8, 4) is 0 Å². The van der Waals surface area contributed by atoms with E-state index in [2.05, 4.69) is 29.3 Å². The van der Waals surface area contributed by atoms with Crippen LogP contribution in [-0.2, 0) is 4.74 Å². The van der Waals surface area contributed by atoms with Crippen molar-refractivity contribution in [2.24, 2.45) is 4.99 Å². The van der Waals surface area contributed by atoms with E-state index in [0.717, 1.165) is 44.8 Å². The Bertz CT molecular complexity index is 894. The summed E-state index contributed by atoms with van der Waals surface area (Å²) in [4.78, 5) is 19.2. The van der Waals surface area contributed by atoms with E-state index in [1.807, 2.05) is 11.0 Å². The predicted molar refractivity (Wildman–Crippen MR) is 113 cm³/mol. The first-order chi connectivity index (χ1) is 13.7. The first kappa shape index (κ1) is 18.8. The summed E-state index contributed by atoms with van der Waals surface area (Å²) in [5.74, 6) is 0.895. The minimum absolute atomic E-state index is 0.0699. The van der Waals surface area contributed by atoms with E-state index in [1.165, 1.54) is 16.7 Å². The highest BCUT2D eigenvalue weighted by Crippen LogP contribution is 2.31. The number of amides is 1. The van der Waals surface area contributed by atoms with Crippen molar-refractivity contribution in [2.45, 2.75) is 19.3 Å². The zero-order chi connectivity index (χ0) is 19.3. The molecule has 4 rings (SSSR count). The van der Waals surface area contributed by atoms with E-state index in [-0.39, 0.29) is 5.91 Å². The molecule has 0 spiro atoms. The molecule has 2 heterocycles. The monoisotopic (exact) mass is 394 g/mol. The lowest BCUT2D eigenvalue weighted by atomic mass is 9.91. The molecule has 0 unspecified atom stereocenters. The predicted octanol–water partition coefficient (Wildman–Crippen LogP) is 4.85. The van der Waals surface area contributed by atoms with Gasteiger partial charge < -0.3 is 9.64 Å². The molecule has 2 aliphatic rings. The fraction of sp³-hybridized carbons (Fsp3) is 0.304. The van der Waals surface area contributed by atoms with Gasteiger partial charge in [-0.1, -0.05) is 47.5 Å². The van der Waals surface area contributed by atoms with Crippen LogP contribution in [-0.4, -0.2) is 42.9 Å². The van der Waals surface area contributed by atoms with Crippen molar-refractivity contribution in [1.82, 2.24) is 4.90 Å². The summed E-state index contributed by atoms with van der Waals surface area (Å²) in [5, 5.41) is 0.643. The molecule has 2 aliphatic heterocycles. The highest BCUT2D eigenvalue weighted by Gasteiger charge is 2.23. The van der Waals surface area contributed by atoms with Crippen LogP contribution in [0.15, 0.2) is 65.2 Å². The third-order valence-corrected chi connectivity index (χ3v) is 5.52. The summed E-state index contributed by atoms with van der Waals surface area (Å²) in [5.41, 5.74) is 4.59. The summed E-state index contributed by atoms with van der Waals surface area (Å²) in [7, 11) is 0. The van der Waals surface area contributed by atoms with Crippen molar-refractivity contribution < 1.29 is 9.53 Å². The van der Waals surface area contributed by atoms with Gasteiger partial charge in [0.25, 0.3) is 5.91 Å². The second-order valence-corrected chi connectivity index (χ2v) is 7.48. The summed E-state index contributed by atoms with van der Waals surface area (Å²) >= 11 is 5.93. The molecule has 0 saturated carbocycles. The molecule has 28 heavy (non-hydrogen) atoms. The van der Waals surface area contributed by atoms with Gasteiger partial charge in [0.1, 0.15) is 6.61 Å². The number of ether oxygens (including phenoxy) is 1. The van der Waals surface area contributed by atoms with Crippen molar-refractivity contribution in [3.63, 3.8) is 0 Å². The van der Waals surface area contributed by atoms with Crippen LogP contribution in [0.25, 0.3) is 5.57 Å². The topological polar surface area (TPSA) is 41.9 Å². The first-order valence-electron chi connectivity index (χ1n) is 9.68. The van der Waals surface area contributed by atoms with Gasteiger partial charge in [0, 0.05) is 30.1 Å². The van der Waals surface area contributed by atoms with Gasteiger partial charge in [-0.25, -0.2) is 0 Å². The molecule has 0 aromatic heterocycles. The lowest BCUT2D eigenvalue weighted by Crippen LogP contribution is -2.36. The highest BCUT2D eigenvalue weighted by molar-refractivity contribution is 6.30. The zero-order valence-corrected chi connectivity index (χ0v) is 16.5. The zero-order valence-electron chi connectivity index (χ0n) is 15.7. The smallest absolute Gasteiger partial charge is 0.253 e. The molecular weight excluding hydrogens is 372 g/mol. The van der Waals surface area contributed by atoms with E-state index in [1.54, 1.807) is 24.3 Å². The van der Waals surface area contributed by atoms with Crippen molar-refractivity contribution in [3.05, 3.63) is 76.3 Å². The number of hydrogen-bond acceptors (Lipinski definition) is 3. The average molecular weight is 395 g/mol. The van der Waals surface area contributed by atoms with Crippen LogP contribution in [0.5, 0.6) is 0 Å². The number of benzene rings is 2. The highest BCUT2D eigenvalue weighted by atomic mass is 35.5. The Labute approximate surface area is 170 Å². The van der Waals surface area contributed by atoms with Crippen LogP contribution in [0.4, 0.5) is 0 Å². The standard InChI is InChI=1S/C23H23ClN2O2/c24-20-8-6-19(7-9-20)23(27)26-13-10-18(11-14-26)21(16-22-25-12-15-28-22)17-4-2-1-3-5-17/h1-9H,10-16H2. The van der Waals surface area contributed by atoms with Crippen molar-refractivity contribution in [1.29, 1.82) is 0 Å². The van der Waals surface area contributed by atoms with Gasteiger partial charge in [-0.05, 0) is 48.2 Å². The lowest BCUT2D eigenvalue weighted by molar-refractivity contribution is 0.0743. The van der Waals surface area contributed by atoms with Gasteiger partial charge in [0.15, 0.2) is 5.90 Å². The summed E-state index contributed by atoms with van der Waals surface area (Å²) in [6, 6.07) is 17.6. The average Bonchev–Trinajstić information content (AvgIpc) is 3.26. The van der Waals surface area contributed by atoms with Gasteiger partial charge >= 0.3 is 0 Å². The van der Waals surface area contributed by atoms with E-state index in [9.17, 15) is 4.79 Å². The molecule has 1 fully saturated rings. The SMILES string of the molecule is O=C(c1ccc(Cl)cc1)N1CCC(=C(CC2=NCCO2)c2ccccc2)CC1. The first-order valence-corrected chi connectivity index (χ1v) is 10.1. The Hall–Kier alpha value is -2.59. The van der Waals surface area contributed by atoms with Crippen LogP contribution in [0.2, 0.25) is 5.02 Å². The fourth-order valence-corrected chi connectivity index (χ4v) is 3.89. The maximum atomic E-state index is 12.8. The number of carbonyl (C=O) groups is 1. The van der Waals surface area contributed by atoms with Crippen molar-refractivity contribution >= 4 is 29.0 Å². The summed E-state index contributed by atoms with van der Waals surface area (Å²) in [6.45, 7) is 2.87. The Morgan fingerprint density at radius 2 is 1.71 bits per heavy atom. The quantitative estimate of drug-likeness (QED) is 0.743. The van der Waals surface area contributed by atoms with Gasteiger partial charge in [0.2, 0.25) is 0 Å². The molecular formula is C23H23ClN2O2. The van der Waals surface area contributed by atoms with E-state index in [4.69, 9.17) is 16.3 Å². The van der Waals surface area contributed by atoms with Gasteiger partial charge in [-0.3, -0.25) is 9.79 Å². The number of rotatable bonds is 4. The normalized spacial score (nSPS) is 16.5. The number of nitrogens with zero attached hydrogens (tertiary/aromatic N) is 2. The number of halogens is 1. The van der Waals surface area contributed by atoms with Crippen LogP contribution in [0, 0.1) is 0 Å². The fourth-order valence-electron chi connectivity index (χ4n) is 3.76. The second kappa shape index (κ2) is 8.61. The molecule has 4 nitrogen and oxygen atoms in total. The lowest BCUT2D eigenvalue weighted by Gasteiger charge is -2.30. The molecule has 0 radical (unpaired) electrons. The van der Waals surface area contributed by atoms with Gasteiger partial charge in [0.05, 0.1) is 6.54 Å². The number of aliphatic imine (C=N–C) groups is 1. The molecule has 1 amide bonds. The van der Waals surface area contributed by atoms with E-state index < -0.39 is 0 Å². The van der Waals surface area contributed by atoms with Crippen molar-refractivity contribution in [2.75, 3.05) is 26.2 Å². The molecule has 2 aromatic rings. The third-order valence-electron chi connectivity index (χ3n) is 5.27. The minimum Gasteiger partial charge on any atom is -0.479 e. The Morgan fingerprint density at radius 1 is 1.00 bits per heavy atom. The summed E-state index contributed by atoms with van der Waals surface area (Å²) < 4.78 is 5.66. The Kier molecular flexibility index (Phi) is 5.77. The summed E-state index contributed by atoms with van der Waals surface area (Å²) in [6.07, 6.45) is 2.47. The van der Waals surface area contributed by atoms with E-state index in [0.29, 0.717) is 17.2 Å². The number of likely N-dealkylation sites (tertiary alicyclic amines) is 1. The molecule has 144 valence electrons. The molecule has 2 aromatic carbocycles. The van der Waals surface area contributed by atoms with Crippen LogP contribution >= 0.6 is 11.6 Å². The number of piperidine rings is 1. The molecule has 0 aliphatic carbocycles. The largest absolute Gasteiger partial charge is 0.479 e. The third kappa shape index (κ3) is 4.28. The maximum Gasteiger partial charge on any atom is 0.253 e. The van der Waals surface area contributed by atoms with Crippen LogP contribution in [0.3, 0.4) is 0 Å². The second-order valence-electron chi connectivity index (χ2n) is 7.05. The molecule has 0 atom stereocenters. The maximum absolute atomic E-state index is 12.8. The van der Waals surface area contributed by atoms with Crippen LogP contribution in [0.1, 0.15) is 35.2 Å². The van der Waals surface area contributed by atoms with Crippen LogP contribution < -0.4 is 0 Å². The molecule has 1 saturated heterocycles. The molecule has 0 bridgehead atoms. The number of hydrogen-bond donors (Lipinski definition) is 0. The van der Waals surface area contributed by atoms with Gasteiger partial charge in [-0.15, -0.1) is 0 Å². The Balaban J connectivity index is 1.51. The van der Waals surface area contributed by atoms with Gasteiger partial charge in [-0.2, -0.15) is 0 Å². The van der Waals surface area contributed by atoms with E-state index >= 15 is 0 Å². The number of carbonyl (C=O) groups excluding carboxylic acids is 1. The molecule has 0 N–H and O–H groups in total.